The van der Waals surface area contributed by atoms with E-state index in [0.717, 1.165) is 39.8 Å². The molecule has 5 rings (SSSR count). The predicted molar refractivity (Wildman–Crippen MR) is 94.8 cm³/mol. The monoisotopic (exact) mass is 326 g/mol. The highest BCUT2D eigenvalue weighted by molar-refractivity contribution is 5.95. The number of anilines is 1. The summed E-state index contributed by atoms with van der Waals surface area (Å²) in [7, 11) is 0. The van der Waals surface area contributed by atoms with Gasteiger partial charge in [0.15, 0.2) is 0 Å². The number of pyridine rings is 1. The van der Waals surface area contributed by atoms with Crippen molar-refractivity contribution in [2.75, 3.05) is 5.73 Å². The van der Waals surface area contributed by atoms with Crippen LogP contribution >= 0.6 is 0 Å². The number of rotatable bonds is 1. The number of benzene rings is 1. The van der Waals surface area contributed by atoms with E-state index in [2.05, 4.69) is 37.1 Å². The van der Waals surface area contributed by atoms with Gasteiger partial charge in [-0.05, 0) is 5.56 Å². The number of nitrogen functional groups attached to an aromatic ring is 1. The zero-order valence-corrected chi connectivity index (χ0v) is 13.3. The van der Waals surface area contributed by atoms with Crippen molar-refractivity contribution in [2.45, 2.75) is 12.3 Å². The molecule has 0 saturated heterocycles. The van der Waals surface area contributed by atoms with E-state index in [1.165, 1.54) is 5.56 Å². The quantitative estimate of drug-likeness (QED) is 0.578. The average Bonchev–Trinajstić information content (AvgIpc) is 2.68. The van der Waals surface area contributed by atoms with Gasteiger partial charge in [0.1, 0.15) is 18.5 Å². The van der Waals surface area contributed by atoms with E-state index in [1.54, 1.807) is 18.9 Å². The maximum atomic E-state index is 6.19. The maximum absolute atomic E-state index is 6.19. The molecule has 0 fully saturated rings. The van der Waals surface area contributed by atoms with Crippen molar-refractivity contribution >= 4 is 16.7 Å². The van der Waals surface area contributed by atoms with Crippen molar-refractivity contribution in [2.24, 2.45) is 0 Å². The van der Waals surface area contributed by atoms with Crippen LogP contribution in [0.15, 0.2) is 55.4 Å². The Hall–Kier alpha value is -3.41. The van der Waals surface area contributed by atoms with Crippen LogP contribution in [0, 0.1) is 0 Å². The van der Waals surface area contributed by atoms with Gasteiger partial charge in [0.05, 0.1) is 22.3 Å². The van der Waals surface area contributed by atoms with Gasteiger partial charge in [0.2, 0.25) is 0 Å². The fourth-order valence-electron chi connectivity index (χ4n) is 3.60. The Labute approximate surface area is 143 Å². The van der Waals surface area contributed by atoms with Gasteiger partial charge >= 0.3 is 0 Å². The lowest BCUT2D eigenvalue weighted by Gasteiger charge is -2.27. The topological polar surface area (TPSA) is 90.5 Å². The SMILES string of the molecule is Nc1nc2c(c3ncncc13)C(c1ccccc1)Cc1ncncc1-2. The van der Waals surface area contributed by atoms with E-state index in [0.29, 0.717) is 5.82 Å². The number of nitrogens with zero attached hydrogens (tertiary/aromatic N) is 5. The van der Waals surface area contributed by atoms with E-state index in [1.807, 2.05) is 24.4 Å². The summed E-state index contributed by atoms with van der Waals surface area (Å²) in [6, 6.07) is 10.4. The summed E-state index contributed by atoms with van der Waals surface area (Å²) in [6.07, 6.45) is 7.45. The molecule has 1 atom stereocenters. The Bertz CT molecular complexity index is 1090. The molecular formula is C19H14N6. The van der Waals surface area contributed by atoms with Crippen molar-refractivity contribution in [1.29, 1.82) is 0 Å². The lowest BCUT2D eigenvalue weighted by molar-refractivity contribution is 0.764. The van der Waals surface area contributed by atoms with Gasteiger partial charge in [0, 0.05) is 35.9 Å². The second-order valence-corrected chi connectivity index (χ2v) is 6.09. The first-order valence-corrected chi connectivity index (χ1v) is 8.06. The number of aromatic nitrogens is 5. The highest BCUT2D eigenvalue weighted by atomic mass is 14.9. The van der Waals surface area contributed by atoms with Crippen LogP contribution in [-0.4, -0.2) is 24.9 Å². The molecule has 1 unspecified atom stereocenters. The molecule has 3 heterocycles. The first kappa shape index (κ1) is 14.0. The van der Waals surface area contributed by atoms with E-state index < -0.39 is 0 Å². The standard InChI is InChI=1S/C19H14N6/c20-19-14-8-22-10-24-17(14)16-12(11-4-2-1-3-5-11)6-15-13(18(16)25-19)7-21-9-23-15/h1-5,7-10,12H,6H2,(H2,20,25). The van der Waals surface area contributed by atoms with E-state index in [-0.39, 0.29) is 5.92 Å². The number of hydrogen-bond acceptors (Lipinski definition) is 6. The largest absolute Gasteiger partial charge is 0.383 e. The number of nitrogens with two attached hydrogens (primary N) is 1. The zero-order chi connectivity index (χ0) is 16.8. The Morgan fingerprint density at radius 3 is 2.64 bits per heavy atom. The molecule has 3 aromatic heterocycles. The van der Waals surface area contributed by atoms with E-state index >= 15 is 0 Å². The Kier molecular flexibility index (Phi) is 2.97. The summed E-state index contributed by atoms with van der Waals surface area (Å²) in [6.45, 7) is 0. The second-order valence-electron chi connectivity index (χ2n) is 6.09. The predicted octanol–water partition coefficient (Wildman–Crippen LogP) is 2.75. The first-order valence-electron chi connectivity index (χ1n) is 8.06. The van der Waals surface area contributed by atoms with Gasteiger partial charge < -0.3 is 5.73 Å². The van der Waals surface area contributed by atoms with Crippen LogP contribution in [0.25, 0.3) is 22.2 Å². The van der Waals surface area contributed by atoms with Crippen molar-refractivity contribution in [3.05, 3.63) is 72.2 Å². The van der Waals surface area contributed by atoms with Crippen LogP contribution in [0.3, 0.4) is 0 Å². The Balaban J connectivity index is 1.89. The fraction of sp³-hybridized carbons (Fsp3) is 0.105. The van der Waals surface area contributed by atoms with Gasteiger partial charge in [-0.15, -0.1) is 0 Å². The third-order valence-corrected chi connectivity index (χ3v) is 4.73. The molecule has 4 aromatic rings. The van der Waals surface area contributed by atoms with Gasteiger partial charge in [-0.1, -0.05) is 30.3 Å². The highest BCUT2D eigenvalue weighted by Crippen LogP contribution is 2.44. The normalized spacial score (nSPS) is 15.6. The maximum Gasteiger partial charge on any atom is 0.135 e. The molecule has 0 radical (unpaired) electrons. The number of hydrogen-bond donors (Lipinski definition) is 1. The second kappa shape index (κ2) is 5.31. The minimum Gasteiger partial charge on any atom is -0.383 e. The van der Waals surface area contributed by atoms with Crippen LogP contribution in [-0.2, 0) is 6.42 Å². The smallest absolute Gasteiger partial charge is 0.135 e. The van der Waals surface area contributed by atoms with Gasteiger partial charge in [-0.25, -0.2) is 24.9 Å². The first-order chi connectivity index (χ1) is 12.3. The molecule has 0 bridgehead atoms. The van der Waals surface area contributed by atoms with E-state index in [9.17, 15) is 0 Å². The summed E-state index contributed by atoms with van der Waals surface area (Å²) in [4.78, 5) is 22.0. The minimum atomic E-state index is 0.115. The molecule has 1 aromatic carbocycles. The van der Waals surface area contributed by atoms with Crippen LogP contribution in [0.4, 0.5) is 5.82 Å². The Morgan fingerprint density at radius 2 is 1.76 bits per heavy atom. The third-order valence-electron chi connectivity index (χ3n) is 4.73. The highest BCUT2D eigenvalue weighted by Gasteiger charge is 2.31. The van der Waals surface area contributed by atoms with E-state index in [4.69, 9.17) is 5.73 Å². The third kappa shape index (κ3) is 2.07. The molecule has 0 aliphatic heterocycles. The molecule has 120 valence electrons. The fourth-order valence-corrected chi connectivity index (χ4v) is 3.60. The lowest BCUT2D eigenvalue weighted by atomic mass is 9.79. The number of fused-ring (bicyclic) bond motifs is 5. The van der Waals surface area contributed by atoms with Gasteiger partial charge in [0.25, 0.3) is 0 Å². The summed E-state index contributed by atoms with van der Waals surface area (Å²) >= 11 is 0. The van der Waals surface area contributed by atoms with Gasteiger partial charge in [-0.3, -0.25) is 0 Å². The van der Waals surface area contributed by atoms with Crippen molar-refractivity contribution in [3.63, 3.8) is 0 Å². The minimum absolute atomic E-state index is 0.115. The van der Waals surface area contributed by atoms with Crippen LogP contribution in [0.1, 0.15) is 22.7 Å². The lowest BCUT2D eigenvalue weighted by Crippen LogP contribution is -2.17. The van der Waals surface area contributed by atoms with Crippen molar-refractivity contribution in [3.8, 4) is 11.3 Å². The molecule has 0 saturated carbocycles. The molecule has 25 heavy (non-hydrogen) atoms. The van der Waals surface area contributed by atoms with Gasteiger partial charge in [-0.2, -0.15) is 0 Å². The summed E-state index contributed by atoms with van der Waals surface area (Å²) < 4.78 is 0. The zero-order valence-electron chi connectivity index (χ0n) is 13.3. The molecule has 6 nitrogen and oxygen atoms in total. The molecule has 1 aliphatic rings. The molecule has 2 N–H and O–H groups in total. The van der Waals surface area contributed by atoms with Crippen molar-refractivity contribution < 1.29 is 0 Å². The summed E-state index contributed by atoms with van der Waals surface area (Å²) in [5.41, 5.74) is 12.0. The average molecular weight is 326 g/mol. The summed E-state index contributed by atoms with van der Waals surface area (Å²) in [5.74, 6) is 0.543. The Morgan fingerprint density at radius 1 is 0.960 bits per heavy atom. The molecule has 0 spiro atoms. The van der Waals surface area contributed by atoms with Crippen LogP contribution < -0.4 is 5.73 Å². The molecular weight excluding hydrogens is 312 g/mol. The molecule has 1 aliphatic carbocycles. The molecule has 0 amide bonds. The van der Waals surface area contributed by atoms with Crippen LogP contribution in [0.2, 0.25) is 0 Å². The van der Waals surface area contributed by atoms with Crippen molar-refractivity contribution in [1.82, 2.24) is 24.9 Å². The molecule has 6 heteroatoms. The summed E-state index contributed by atoms with van der Waals surface area (Å²) in [5, 5.41) is 0.780. The van der Waals surface area contributed by atoms with Crippen LogP contribution in [0.5, 0.6) is 0 Å².